The van der Waals surface area contributed by atoms with E-state index < -0.39 is 22.8 Å². The second-order valence-electron chi connectivity index (χ2n) is 5.94. The van der Waals surface area contributed by atoms with Crippen LogP contribution in [0.4, 0.5) is 13.2 Å². The van der Waals surface area contributed by atoms with Gasteiger partial charge >= 0.3 is 6.18 Å². The fourth-order valence-electron chi connectivity index (χ4n) is 3.09. The van der Waals surface area contributed by atoms with E-state index in [1.807, 2.05) is 0 Å². The second kappa shape index (κ2) is 4.92. The van der Waals surface area contributed by atoms with E-state index in [0.29, 0.717) is 4.57 Å². The van der Waals surface area contributed by atoms with E-state index in [2.05, 4.69) is 5.10 Å². The molecule has 0 bridgehead atoms. The van der Waals surface area contributed by atoms with E-state index in [0.717, 1.165) is 16.9 Å². The molecule has 2 aromatic heterocycles. The van der Waals surface area contributed by atoms with Gasteiger partial charge in [-0.25, -0.2) is 4.68 Å². The van der Waals surface area contributed by atoms with Crippen molar-refractivity contribution in [1.29, 1.82) is 0 Å². The average molecular weight is 328 g/mol. The van der Waals surface area contributed by atoms with Crippen LogP contribution < -0.4 is 11.1 Å². The van der Waals surface area contributed by atoms with Gasteiger partial charge in [0.2, 0.25) is 0 Å². The van der Waals surface area contributed by atoms with Crippen molar-refractivity contribution in [2.75, 3.05) is 20.1 Å². The van der Waals surface area contributed by atoms with Gasteiger partial charge in [-0.3, -0.25) is 14.2 Å². The quantitative estimate of drug-likeness (QED) is 0.773. The molecule has 0 unspecified atom stereocenters. The first kappa shape index (κ1) is 15.7. The van der Waals surface area contributed by atoms with E-state index in [1.54, 1.807) is 7.05 Å². The van der Waals surface area contributed by atoms with E-state index >= 15 is 0 Å². The predicted molar refractivity (Wildman–Crippen MR) is 77.4 cm³/mol. The van der Waals surface area contributed by atoms with Gasteiger partial charge in [0.15, 0.2) is 5.54 Å². The summed E-state index contributed by atoms with van der Waals surface area (Å²) in [6, 6.07) is 0.963. The van der Waals surface area contributed by atoms with Gasteiger partial charge in [-0.1, -0.05) is 0 Å². The average Bonchev–Trinajstić information content (AvgIpc) is 2.86. The number of aryl methyl sites for hydroxylation is 1. The minimum absolute atomic E-state index is 0.0624. The summed E-state index contributed by atoms with van der Waals surface area (Å²) in [6.07, 6.45) is -2.41. The molecule has 0 aliphatic carbocycles. The number of nitrogens with zero attached hydrogens (tertiary/aromatic N) is 4. The van der Waals surface area contributed by atoms with Crippen molar-refractivity contribution in [1.82, 2.24) is 19.2 Å². The Kier molecular flexibility index (Phi) is 3.36. The number of alkyl halides is 3. The lowest BCUT2D eigenvalue weighted by molar-refractivity contribution is -0.211. The fraction of sp³-hybridized carbons (Fsp3) is 0.500. The normalized spacial score (nSPS) is 22.8. The summed E-state index contributed by atoms with van der Waals surface area (Å²) in [4.78, 5) is 25.8. The summed E-state index contributed by atoms with van der Waals surface area (Å²) in [7, 11) is 2.99. The molecule has 1 fully saturated rings. The Morgan fingerprint density at radius 3 is 2.52 bits per heavy atom. The molecule has 1 saturated heterocycles. The monoisotopic (exact) mass is 328 g/mol. The molecule has 3 heterocycles. The van der Waals surface area contributed by atoms with E-state index in [1.165, 1.54) is 18.1 Å². The summed E-state index contributed by atoms with van der Waals surface area (Å²) >= 11 is 0. The van der Waals surface area contributed by atoms with Crippen LogP contribution in [-0.2, 0) is 12.6 Å². The third-order valence-electron chi connectivity index (χ3n) is 4.41. The Morgan fingerprint density at radius 2 is 1.96 bits per heavy atom. The third kappa shape index (κ3) is 2.26. The maximum absolute atomic E-state index is 13.7. The van der Waals surface area contributed by atoms with Crippen molar-refractivity contribution in [3.05, 3.63) is 39.2 Å². The maximum Gasteiger partial charge on any atom is 0.413 e. The molecule has 1 aliphatic rings. The van der Waals surface area contributed by atoms with E-state index in [9.17, 15) is 22.8 Å². The maximum atomic E-state index is 13.7. The van der Waals surface area contributed by atoms with Gasteiger partial charge in [-0.2, -0.15) is 18.3 Å². The molecular formula is C14H15F3N4O2. The van der Waals surface area contributed by atoms with Crippen LogP contribution in [0.25, 0.3) is 10.8 Å². The molecule has 1 aliphatic heterocycles. The summed E-state index contributed by atoms with van der Waals surface area (Å²) in [5, 5.41) is 4.08. The highest BCUT2D eigenvalue weighted by atomic mass is 19.4. The molecular weight excluding hydrogens is 313 g/mol. The highest BCUT2D eigenvalue weighted by molar-refractivity contribution is 5.79. The van der Waals surface area contributed by atoms with Gasteiger partial charge in [0.1, 0.15) is 0 Å². The Hall–Kier alpha value is -2.16. The molecule has 3 rings (SSSR count). The van der Waals surface area contributed by atoms with Crippen LogP contribution in [0, 0.1) is 0 Å². The van der Waals surface area contributed by atoms with E-state index in [-0.39, 0.29) is 30.3 Å². The van der Waals surface area contributed by atoms with Crippen molar-refractivity contribution in [2.45, 2.75) is 18.1 Å². The number of likely N-dealkylation sites (tertiary alicyclic amines) is 1. The first-order valence-electron chi connectivity index (χ1n) is 7.00. The van der Waals surface area contributed by atoms with Crippen LogP contribution in [0.15, 0.2) is 28.0 Å². The minimum Gasteiger partial charge on any atom is -0.304 e. The first-order chi connectivity index (χ1) is 10.7. The van der Waals surface area contributed by atoms with Gasteiger partial charge in [0.25, 0.3) is 11.1 Å². The number of rotatable bonds is 1. The van der Waals surface area contributed by atoms with Crippen LogP contribution in [0.5, 0.6) is 0 Å². The zero-order valence-corrected chi connectivity index (χ0v) is 12.6. The number of hydrogen-bond acceptors (Lipinski definition) is 4. The van der Waals surface area contributed by atoms with Crippen molar-refractivity contribution < 1.29 is 13.2 Å². The first-order valence-corrected chi connectivity index (χ1v) is 7.00. The van der Waals surface area contributed by atoms with Crippen molar-refractivity contribution in [3.8, 4) is 0 Å². The van der Waals surface area contributed by atoms with Crippen LogP contribution in [0.1, 0.15) is 6.42 Å². The molecule has 0 saturated carbocycles. The number of fused-ring (bicyclic) bond motifs is 1. The SMILES string of the molecule is CN1CC[C@@](n2cc3cnn(C)c(=O)c3cc2=O)(C(F)(F)F)C1. The number of likely N-dealkylation sites (N-methyl/N-ethyl adjacent to an activating group) is 1. The van der Waals surface area contributed by atoms with Gasteiger partial charge in [0, 0.05) is 37.8 Å². The lowest BCUT2D eigenvalue weighted by atomic mass is 9.96. The van der Waals surface area contributed by atoms with Gasteiger partial charge in [-0.05, 0) is 13.5 Å². The van der Waals surface area contributed by atoms with Crippen molar-refractivity contribution in [2.24, 2.45) is 7.05 Å². The number of hydrogen-bond donors (Lipinski definition) is 0. The highest BCUT2D eigenvalue weighted by Gasteiger charge is 2.59. The molecule has 0 N–H and O–H groups in total. The Labute approximate surface area is 128 Å². The van der Waals surface area contributed by atoms with Crippen molar-refractivity contribution in [3.63, 3.8) is 0 Å². The molecule has 0 radical (unpaired) electrons. The van der Waals surface area contributed by atoms with Crippen LogP contribution in [-0.4, -0.2) is 45.6 Å². The number of pyridine rings is 1. The Bertz CT molecular complexity index is 886. The molecule has 0 aromatic carbocycles. The smallest absolute Gasteiger partial charge is 0.304 e. The second-order valence-corrected chi connectivity index (χ2v) is 5.94. The fourth-order valence-corrected chi connectivity index (χ4v) is 3.09. The van der Waals surface area contributed by atoms with E-state index in [4.69, 9.17) is 0 Å². The van der Waals surface area contributed by atoms with Crippen LogP contribution in [0.2, 0.25) is 0 Å². The van der Waals surface area contributed by atoms with Gasteiger partial charge in [0.05, 0.1) is 11.6 Å². The Morgan fingerprint density at radius 1 is 1.26 bits per heavy atom. The van der Waals surface area contributed by atoms with Gasteiger partial charge in [-0.15, -0.1) is 0 Å². The molecule has 0 spiro atoms. The highest BCUT2D eigenvalue weighted by Crippen LogP contribution is 2.42. The zero-order chi connectivity index (χ0) is 17.0. The predicted octanol–water partition coefficient (Wildman–Crippen LogP) is 0.688. The molecule has 1 atom stereocenters. The number of aromatic nitrogens is 3. The van der Waals surface area contributed by atoms with Crippen LogP contribution >= 0.6 is 0 Å². The third-order valence-corrected chi connectivity index (χ3v) is 4.41. The Balaban J connectivity index is 2.31. The lowest BCUT2D eigenvalue weighted by Crippen LogP contribution is -2.53. The topological polar surface area (TPSA) is 60.1 Å². The molecule has 124 valence electrons. The molecule has 6 nitrogen and oxygen atoms in total. The molecule has 2 aromatic rings. The van der Waals surface area contributed by atoms with Crippen molar-refractivity contribution >= 4 is 10.8 Å². The standard InChI is InChI=1S/C14H15F3N4O2/c1-19-4-3-13(8-19,14(15,16)17)21-7-9-6-18-20(2)12(23)10(9)5-11(21)22/h5-7H,3-4,8H2,1-2H3/t13-/m0/s1. The summed E-state index contributed by atoms with van der Waals surface area (Å²) in [5.74, 6) is 0. The lowest BCUT2D eigenvalue weighted by Gasteiger charge is -2.33. The van der Waals surface area contributed by atoms with Crippen LogP contribution in [0.3, 0.4) is 0 Å². The van der Waals surface area contributed by atoms with Gasteiger partial charge < -0.3 is 4.90 Å². The molecule has 23 heavy (non-hydrogen) atoms. The number of halogens is 3. The zero-order valence-electron chi connectivity index (χ0n) is 12.6. The largest absolute Gasteiger partial charge is 0.413 e. The summed E-state index contributed by atoms with van der Waals surface area (Å²) in [5.41, 5.74) is -3.64. The summed E-state index contributed by atoms with van der Waals surface area (Å²) in [6.45, 7) is -0.0705. The minimum atomic E-state index is -4.58. The summed E-state index contributed by atoms with van der Waals surface area (Å²) < 4.78 is 42.9. The molecule has 0 amide bonds. The molecule has 9 heteroatoms.